The monoisotopic (exact) mass is 259 g/mol. The van der Waals surface area contributed by atoms with Crippen molar-refractivity contribution in [2.45, 2.75) is 13.3 Å². The summed E-state index contributed by atoms with van der Waals surface area (Å²) >= 11 is 3.27. The number of aromatic nitrogens is 1. The standard InChI is InChI=1S/C10H14BrNO2/c1-2-6-13-7-8-14-10-5-3-4-9(11)12-10/h3-5H,2,6-8H2,1H3. The van der Waals surface area contributed by atoms with Crippen LogP contribution in [0.25, 0.3) is 0 Å². The van der Waals surface area contributed by atoms with Crippen LogP contribution < -0.4 is 4.74 Å². The van der Waals surface area contributed by atoms with E-state index in [9.17, 15) is 0 Å². The van der Waals surface area contributed by atoms with Crippen LogP contribution in [0, 0.1) is 0 Å². The average molecular weight is 260 g/mol. The van der Waals surface area contributed by atoms with Gasteiger partial charge < -0.3 is 9.47 Å². The number of halogens is 1. The molecule has 4 heteroatoms. The van der Waals surface area contributed by atoms with Crippen molar-refractivity contribution in [1.82, 2.24) is 4.98 Å². The number of hydrogen-bond acceptors (Lipinski definition) is 3. The van der Waals surface area contributed by atoms with E-state index in [1.807, 2.05) is 18.2 Å². The maximum Gasteiger partial charge on any atom is 0.214 e. The minimum absolute atomic E-state index is 0.545. The molecular formula is C10H14BrNO2. The molecule has 0 spiro atoms. The minimum Gasteiger partial charge on any atom is -0.475 e. The van der Waals surface area contributed by atoms with Gasteiger partial charge in [-0.25, -0.2) is 4.98 Å². The van der Waals surface area contributed by atoms with Gasteiger partial charge in [-0.2, -0.15) is 0 Å². The number of rotatable bonds is 6. The molecule has 1 rings (SSSR count). The van der Waals surface area contributed by atoms with Gasteiger partial charge in [-0.3, -0.25) is 0 Å². The smallest absolute Gasteiger partial charge is 0.214 e. The summed E-state index contributed by atoms with van der Waals surface area (Å²) in [7, 11) is 0. The molecule has 0 saturated carbocycles. The Hall–Kier alpha value is -0.610. The first kappa shape index (κ1) is 11.5. The molecule has 0 amide bonds. The summed E-state index contributed by atoms with van der Waals surface area (Å²) in [5.74, 6) is 0.625. The second-order valence-electron chi connectivity index (χ2n) is 2.76. The molecule has 0 aliphatic heterocycles. The highest BCUT2D eigenvalue weighted by atomic mass is 79.9. The van der Waals surface area contributed by atoms with E-state index in [2.05, 4.69) is 27.8 Å². The van der Waals surface area contributed by atoms with Crippen LogP contribution in [0.15, 0.2) is 22.8 Å². The third kappa shape index (κ3) is 4.58. The van der Waals surface area contributed by atoms with Crippen molar-refractivity contribution in [3.05, 3.63) is 22.8 Å². The van der Waals surface area contributed by atoms with E-state index in [4.69, 9.17) is 9.47 Å². The van der Waals surface area contributed by atoms with Crippen LogP contribution in [-0.2, 0) is 4.74 Å². The second-order valence-corrected chi connectivity index (χ2v) is 3.57. The Kier molecular flexibility index (Phi) is 5.56. The van der Waals surface area contributed by atoms with Gasteiger partial charge in [0.15, 0.2) is 0 Å². The molecule has 0 fully saturated rings. The van der Waals surface area contributed by atoms with E-state index < -0.39 is 0 Å². The molecule has 0 atom stereocenters. The van der Waals surface area contributed by atoms with Gasteiger partial charge in [0, 0.05) is 12.7 Å². The van der Waals surface area contributed by atoms with Gasteiger partial charge in [-0.05, 0) is 28.4 Å². The largest absolute Gasteiger partial charge is 0.475 e. The van der Waals surface area contributed by atoms with E-state index in [0.717, 1.165) is 17.6 Å². The Morgan fingerprint density at radius 2 is 2.14 bits per heavy atom. The Morgan fingerprint density at radius 1 is 1.29 bits per heavy atom. The number of pyridine rings is 1. The van der Waals surface area contributed by atoms with Crippen LogP contribution in [0.5, 0.6) is 5.88 Å². The molecule has 0 aliphatic carbocycles. The molecule has 1 heterocycles. The lowest BCUT2D eigenvalue weighted by atomic mass is 10.5. The molecule has 1 aromatic rings. The molecule has 3 nitrogen and oxygen atoms in total. The summed E-state index contributed by atoms with van der Waals surface area (Å²) in [6.07, 6.45) is 1.04. The van der Waals surface area contributed by atoms with Crippen molar-refractivity contribution < 1.29 is 9.47 Å². The highest BCUT2D eigenvalue weighted by Gasteiger charge is 1.95. The van der Waals surface area contributed by atoms with Gasteiger partial charge in [0.05, 0.1) is 6.61 Å². The fourth-order valence-electron chi connectivity index (χ4n) is 0.922. The first-order valence-corrected chi connectivity index (χ1v) is 5.45. The Bertz CT molecular complexity index is 268. The van der Waals surface area contributed by atoms with Crippen LogP contribution in [0.2, 0.25) is 0 Å². The first-order valence-electron chi connectivity index (χ1n) is 4.66. The predicted octanol–water partition coefficient (Wildman–Crippen LogP) is 2.65. The van der Waals surface area contributed by atoms with Gasteiger partial charge in [0.25, 0.3) is 0 Å². The molecular weight excluding hydrogens is 246 g/mol. The lowest BCUT2D eigenvalue weighted by Gasteiger charge is -2.05. The summed E-state index contributed by atoms with van der Waals surface area (Å²) in [6.45, 7) is 4.03. The Balaban J connectivity index is 2.18. The van der Waals surface area contributed by atoms with Crippen LogP contribution in [0.1, 0.15) is 13.3 Å². The predicted molar refractivity (Wildman–Crippen MR) is 58.5 cm³/mol. The molecule has 0 radical (unpaired) electrons. The third-order valence-corrected chi connectivity index (χ3v) is 1.96. The zero-order valence-corrected chi connectivity index (χ0v) is 9.79. The van der Waals surface area contributed by atoms with Crippen molar-refractivity contribution >= 4 is 15.9 Å². The van der Waals surface area contributed by atoms with Gasteiger partial charge in [-0.1, -0.05) is 13.0 Å². The van der Waals surface area contributed by atoms with Crippen LogP contribution >= 0.6 is 15.9 Å². The van der Waals surface area contributed by atoms with Gasteiger partial charge in [0.2, 0.25) is 5.88 Å². The topological polar surface area (TPSA) is 31.4 Å². The average Bonchev–Trinajstić information content (AvgIpc) is 2.18. The van der Waals surface area contributed by atoms with Crippen LogP contribution in [0.3, 0.4) is 0 Å². The van der Waals surface area contributed by atoms with Crippen molar-refractivity contribution in [3.8, 4) is 5.88 Å². The molecule has 1 aromatic heterocycles. The van der Waals surface area contributed by atoms with Crippen molar-refractivity contribution in [3.63, 3.8) is 0 Å². The van der Waals surface area contributed by atoms with Gasteiger partial charge in [0.1, 0.15) is 11.2 Å². The molecule has 0 aromatic carbocycles. The fraction of sp³-hybridized carbons (Fsp3) is 0.500. The molecule has 0 bridgehead atoms. The summed E-state index contributed by atoms with van der Waals surface area (Å²) in [6, 6.07) is 5.57. The number of hydrogen-bond donors (Lipinski definition) is 0. The highest BCUT2D eigenvalue weighted by molar-refractivity contribution is 9.10. The highest BCUT2D eigenvalue weighted by Crippen LogP contribution is 2.11. The lowest BCUT2D eigenvalue weighted by molar-refractivity contribution is 0.0989. The number of nitrogens with zero attached hydrogens (tertiary/aromatic N) is 1. The maximum atomic E-state index is 5.37. The quantitative estimate of drug-likeness (QED) is 0.582. The molecule has 14 heavy (non-hydrogen) atoms. The van der Waals surface area contributed by atoms with Gasteiger partial charge in [-0.15, -0.1) is 0 Å². The molecule has 0 unspecified atom stereocenters. The minimum atomic E-state index is 0.545. The molecule has 0 N–H and O–H groups in total. The SMILES string of the molecule is CCCOCCOc1cccc(Br)n1. The summed E-state index contributed by atoms with van der Waals surface area (Å²) in [4.78, 5) is 4.13. The molecule has 0 aliphatic rings. The van der Waals surface area contributed by atoms with Crippen molar-refractivity contribution in [2.24, 2.45) is 0 Å². The number of ether oxygens (including phenoxy) is 2. The molecule has 78 valence electrons. The first-order chi connectivity index (χ1) is 6.83. The zero-order chi connectivity index (χ0) is 10.2. The van der Waals surface area contributed by atoms with Crippen LogP contribution in [-0.4, -0.2) is 24.8 Å². The lowest BCUT2D eigenvalue weighted by Crippen LogP contribution is -2.07. The van der Waals surface area contributed by atoms with Crippen molar-refractivity contribution in [2.75, 3.05) is 19.8 Å². The third-order valence-electron chi connectivity index (χ3n) is 1.52. The zero-order valence-electron chi connectivity index (χ0n) is 8.20. The van der Waals surface area contributed by atoms with E-state index in [-0.39, 0.29) is 0 Å². The summed E-state index contributed by atoms with van der Waals surface area (Å²) in [5, 5.41) is 0. The van der Waals surface area contributed by atoms with E-state index >= 15 is 0 Å². The normalized spacial score (nSPS) is 10.1. The Morgan fingerprint density at radius 3 is 2.86 bits per heavy atom. The second kappa shape index (κ2) is 6.79. The maximum absolute atomic E-state index is 5.37. The molecule has 0 saturated heterocycles. The van der Waals surface area contributed by atoms with Gasteiger partial charge >= 0.3 is 0 Å². The summed E-state index contributed by atoms with van der Waals surface area (Å²) in [5.41, 5.74) is 0. The van der Waals surface area contributed by atoms with Crippen LogP contribution in [0.4, 0.5) is 0 Å². The fourth-order valence-corrected chi connectivity index (χ4v) is 1.25. The Labute approximate surface area is 92.6 Å². The van der Waals surface area contributed by atoms with E-state index in [1.165, 1.54) is 0 Å². The van der Waals surface area contributed by atoms with E-state index in [0.29, 0.717) is 19.1 Å². The summed E-state index contributed by atoms with van der Waals surface area (Å²) < 4.78 is 11.4. The van der Waals surface area contributed by atoms with E-state index in [1.54, 1.807) is 0 Å². The van der Waals surface area contributed by atoms with Crippen molar-refractivity contribution in [1.29, 1.82) is 0 Å².